The van der Waals surface area contributed by atoms with Gasteiger partial charge in [0.25, 0.3) is 5.56 Å². The van der Waals surface area contributed by atoms with Crippen molar-refractivity contribution in [2.24, 2.45) is 0 Å². The molecule has 1 N–H and O–H groups in total. The SMILES string of the molecule is Cc1cc(C(=O)O)c(=O)n(CC(=O)OC(C)(C)C)c1. The first-order chi connectivity index (χ1) is 8.60. The molecular weight excluding hydrogens is 250 g/mol. The lowest BCUT2D eigenvalue weighted by Gasteiger charge is -2.20. The highest BCUT2D eigenvalue weighted by Crippen LogP contribution is 2.08. The van der Waals surface area contributed by atoms with E-state index in [9.17, 15) is 14.4 Å². The van der Waals surface area contributed by atoms with E-state index in [2.05, 4.69) is 0 Å². The summed E-state index contributed by atoms with van der Waals surface area (Å²) >= 11 is 0. The van der Waals surface area contributed by atoms with Crippen molar-refractivity contribution in [1.29, 1.82) is 0 Å². The second kappa shape index (κ2) is 5.26. The van der Waals surface area contributed by atoms with Gasteiger partial charge in [-0.25, -0.2) is 4.79 Å². The van der Waals surface area contributed by atoms with E-state index in [1.807, 2.05) is 0 Å². The third-order valence-electron chi connectivity index (χ3n) is 2.17. The van der Waals surface area contributed by atoms with Crippen molar-refractivity contribution in [2.45, 2.75) is 39.8 Å². The Bertz CT molecular complexity index is 565. The maximum atomic E-state index is 11.8. The molecule has 0 saturated heterocycles. The monoisotopic (exact) mass is 267 g/mol. The van der Waals surface area contributed by atoms with Gasteiger partial charge in [-0.3, -0.25) is 9.59 Å². The number of hydrogen-bond donors (Lipinski definition) is 1. The van der Waals surface area contributed by atoms with Gasteiger partial charge in [0, 0.05) is 6.20 Å². The number of carbonyl (C=O) groups is 2. The minimum Gasteiger partial charge on any atom is -0.477 e. The fourth-order valence-corrected chi connectivity index (χ4v) is 1.57. The Morgan fingerprint density at radius 2 is 1.95 bits per heavy atom. The van der Waals surface area contributed by atoms with Gasteiger partial charge in [0.1, 0.15) is 17.7 Å². The summed E-state index contributed by atoms with van der Waals surface area (Å²) in [6.07, 6.45) is 1.43. The summed E-state index contributed by atoms with van der Waals surface area (Å²) in [6, 6.07) is 1.27. The molecule has 0 saturated carbocycles. The summed E-state index contributed by atoms with van der Waals surface area (Å²) in [5, 5.41) is 8.91. The minimum absolute atomic E-state index is 0.307. The zero-order valence-corrected chi connectivity index (χ0v) is 11.4. The number of aromatic carboxylic acids is 1. The quantitative estimate of drug-likeness (QED) is 0.831. The summed E-state index contributed by atoms with van der Waals surface area (Å²) in [4.78, 5) is 34.4. The molecular formula is C13H17NO5. The van der Waals surface area contributed by atoms with Crippen LogP contribution in [0.1, 0.15) is 36.7 Å². The van der Waals surface area contributed by atoms with E-state index in [1.54, 1.807) is 27.7 Å². The van der Waals surface area contributed by atoms with Crippen molar-refractivity contribution >= 4 is 11.9 Å². The van der Waals surface area contributed by atoms with Crippen molar-refractivity contribution in [2.75, 3.05) is 0 Å². The topological polar surface area (TPSA) is 85.6 Å². The molecule has 0 spiro atoms. The third-order valence-corrected chi connectivity index (χ3v) is 2.17. The van der Waals surface area contributed by atoms with E-state index in [0.717, 1.165) is 4.57 Å². The summed E-state index contributed by atoms with van der Waals surface area (Å²) in [7, 11) is 0. The molecule has 6 nitrogen and oxygen atoms in total. The lowest BCUT2D eigenvalue weighted by Crippen LogP contribution is -2.32. The molecule has 0 unspecified atom stereocenters. The minimum atomic E-state index is -1.31. The van der Waals surface area contributed by atoms with Gasteiger partial charge in [0.2, 0.25) is 0 Å². The molecule has 0 aliphatic carbocycles. The third kappa shape index (κ3) is 4.24. The lowest BCUT2D eigenvalue weighted by molar-refractivity contribution is -0.155. The van der Waals surface area contributed by atoms with Crippen LogP contribution in [0.2, 0.25) is 0 Å². The molecule has 0 radical (unpaired) electrons. The zero-order valence-electron chi connectivity index (χ0n) is 11.4. The van der Waals surface area contributed by atoms with E-state index in [1.165, 1.54) is 12.3 Å². The first kappa shape index (κ1) is 14.9. The van der Waals surface area contributed by atoms with Crippen LogP contribution in [0.5, 0.6) is 0 Å². The number of aromatic nitrogens is 1. The molecule has 0 fully saturated rings. The van der Waals surface area contributed by atoms with E-state index in [4.69, 9.17) is 9.84 Å². The average Bonchev–Trinajstić information content (AvgIpc) is 2.19. The van der Waals surface area contributed by atoms with Crippen LogP contribution in [-0.2, 0) is 16.1 Å². The molecule has 0 amide bonds. The van der Waals surface area contributed by atoms with Crippen molar-refractivity contribution in [3.63, 3.8) is 0 Å². The number of nitrogens with zero attached hydrogens (tertiary/aromatic N) is 1. The Balaban J connectivity index is 3.06. The van der Waals surface area contributed by atoms with Gasteiger partial charge in [-0.15, -0.1) is 0 Å². The van der Waals surface area contributed by atoms with Gasteiger partial charge in [0.15, 0.2) is 0 Å². The Morgan fingerprint density at radius 1 is 1.37 bits per heavy atom. The summed E-state index contributed by atoms with van der Waals surface area (Å²) in [5.74, 6) is -1.90. The number of ether oxygens (including phenoxy) is 1. The number of esters is 1. The first-order valence-electron chi connectivity index (χ1n) is 5.76. The summed E-state index contributed by atoms with van der Waals surface area (Å²) in [6.45, 7) is 6.49. The molecule has 0 aliphatic rings. The molecule has 1 aromatic heterocycles. The van der Waals surface area contributed by atoms with E-state index < -0.39 is 23.1 Å². The number of carbonyl (C=O) groups excluding carboxylic acids is 1. The van der Waals surface area contributed by atoms with Crippen LogP contribution in [0, 0.1) is 6.92 Å². The van der Waals surface area contributed by atoms with Crippen molar-refractivity contribution in [3.8, 4) is 0 Å². The van der Waals surface area contributed by atoms with Gasteiger partial charge in [0.05, 0.1) is 0 Å². The lowest BCUT2D eigenvalue weighted by atomic mass is 10.2. The van der Waals surface area contributed by atoms with Crippen LogP contribution < -0.4 is 5.56 Å². The Hall–Kier alpha value is -2.11. The second-order valence-corrected chi connectivity index (χ2v) is 5.26. The predicted octanol–water partition coefficient (Wildman–Crippen LogP) is 1.20. The number of carboxylic acids is 1. The maximum Gasteiger partial charge on any atom is 0.341 e. The summed E-state index contributed by atoms with van der Waals surface area (Å²) < 4.78 is 6.14. The highest BCUT2D eigenvalue weighted by Gasteiger charge is 2.18. The zero-order chi connectivity index (χ0) is 14.8. The van der Waals surface area contributed by atoms with Crippen LogP contribution in [0.15, 0.2) is 17.1 Å². The molecule has 1 rings (SSSR count). The van der Waals surface area contributed by atoms with Gasteiger partial charge < -0.3 is 14.4 Å². The molecule has 0 atom stereocenters. The highest BCUT2D eigenvalue weighted by molar-refractivity contribution is 5.87. The van der Waals surface area contributed by atoms with Crippen LogP contribution >= 0.6 is 0 Å². The maximum absolute atomic E-state index is 11.8. The molecule has 6 heteroatoms. The summed E-state index contributed by atoms with van der Waals surface area (Å²) in [5.41, 5.74) is -1.15. The van der Waals surface area contributed by atoms with Crippen molar-refractivity contribution in [1.82, 2.24) is 4.57 Å². The van der Waals surface area contributed by atoms with Crippen LogP contribution in [0.25, 0.3) is 0 Å². The Morgan fingerprint density at radius 3 is 2.42 bits per heavy atom. The smallest absolute Gasteiger partial charge is 0.341 e. The largest absolute Gasteiger partial charge is 0.477 e. The number of pyridine rings is 1. The van der Waals surface area contributed by atoms with Crippen molar-refractivity contribution in [3.05, 3.63) is 33.7 Å². The molecule has 0 bridgehead atoms. The van der Waals surface area contributed by atoms with Crippen LogP contribution in [0.3, 0.4) is 0 Å². The fourth-order valence-electron chi connectivity index (χ4n) is 1.57. The number of hydrogen-bond acceptors (Lipinski definition) is 4. The molecule has 1 aromatic rings. The van der Waals surface area contributed by atoms with E-state index in [-0.39, 0.29) is 12.1 Å². The molecule has 0 aliphatic heterocycles. The van der Waals surface area contributed by atoms with E-state index >= 15 is 0 Å². The Labute approximate surface area is 110 Å². The van der Waals surface area contributed by atoms with Gasteiger partial charge in [-0.1, -0.05) is 0 Å². The van der Waals surface area contributed by atoms with Gasteiger partial charge in [-0.05, 0) is 39.3 Å². The average molecular weight is 267 g/mol. The van der Waals surface area contributed by atoms with E-state index in [0.29, 0.717) is 5.56 Å². The van der Waals surface area contributed by atoms with Gasteiger partial charge >= 0.3 is 11.9 Å². The molecule has 0 aromatic carbocycles. The molecule has 19 heavy (non-hydrogen) atoms. The number of rotatable bonds is 3. The van der Waals surface area contributed by atoms with Crippen LogP contribution in [-0.4, -0.2) is 27.2 Å². The molecule has 1 heterocycles. The Kier molecular flexibility index (Phi) is 4.14. The highest BCUT2D eigenvalue weighted by atomic mass is 16.6. The number of carboxylic acid groups (broad SMARTS) is 1. The fraction of sp³-hybridized carbons (Fsp3) is 0.462. The van der Waals surface area contributed by atoms with Gasteiger partial charge in [-0.2, -0.15) is 0 Å². The first-order valence-corrected chi connectivity index (χ1v) is 5.76. The number of aryl methyl sites for hydroxylation is 1. The standard InChI is InChI=1S/C13H17NO5/c1-8-5-9(12(17)18)11(16)14(6-8)7-10(15)19-13(2,3)4/h5-6H,7H2,1-4H3,(H,17,18). The van der Waals surface area contributed by atoms with Crippen LogP contribution in [0.4, 0.5) is 0 Å². The second-order valence-electron chi connectivity index (χ2n) is 5.26. The normalized spacial score (nSPS) is 11.2. The predicted molar refractivity (Wildman–Crippen MR) is 68.2 cm³/mol. The van der Waals surface area contributed by atoms with Crippen molar-refractivity contribution < 1.29 is 19.4 Å². The molecule has 104 valence electrons.